The molecule has 2 aromatic heterocycles. The number of hydrogen-bond acceptors (Lipinski definition) is 6. The summed E-state index contributed by atoms with van der Waals surface area (Å²) in [4.78, 5) is 20.4. The van der Waals surface area contributed by atoms with Gasteiger partial charge in [0.15, 0.2) is 5.69 Å². The van der Waals surface area contributed by atoms with E-state index in [2.05, 4.69) is 27.4 Å². The van der Waals surface area contributed by atoms with Crippen molar-refractivity contribution < 1.29 is 9.53 Å². The summed E-state index contributed by atoms with van der Waals surface area (Å²) in [5, 5.41) is 11.1. The Kier molecular flexibility index (Phi) is 4.63. The van der Waals surface area contributed by atoms with Crippen LogP contribution in [0.2, 0.25) is 0 Å². The SMILES string of the molecule is COCCn1nc(C(=O)NC2CN3CCC34CCC24)c2c1CC=C(c1nccs1)C=C2. The normalized spacial score (nSPS) is 28.6. The molecule has 1 amide bonds. The Morgan fingerprint density at radius 2 is 2.32 bits per heavy atom. The maximum Gasteiger partial charge on any atom is 0.272 e. The number of fused-ring (bicyclic) bond motifs is 1. The van der Waals surface area contributed by atoms with Crippen LogP contribution in [0.5, 0.6) is 0 Å². The smallest absolute Gasteiger partial charge is 0.272 e. The van der Waals surface area contributed by atoms with E-state index in [1.807, 2.05) is 22.3 Å². The van der Waals surface area contributed by atoms with Gasteiger partial charge in [0.25, 0.3) is 5.91 Å². The number of hydrogen-bond donors (Lipinski definition) is 1. The summed E-state index contributed by atoms with van der Waals surface area (Å²) in [5.74, 6) is 0.553. The summed E-state index contributed by atoms with van der Waals surface area (Å²) in [5.41, 5.74) is 3.99. The molecule has 2 saturated heterocycles. The van der Waals surface area contributed by atoms with Crippen molar-refractivity contribution >= 4 is 28.9 Å². The zero-order valence-corrected chi connectivity index (χ0v) is 18.5. The largest absolute Gasteiger partial charge is 0.383 e. The first-order valence-electron chi connectivity index (χ1n) is 11.1. The summed E-state index contributed by atoms with van der Waals surface area (Å²) >= 11 is 1.63. The molecule has 31 heavy (non-hydrogen) atoms. The minimum absolute atomic E-state index is 0.0516. The Labute approximate surface area is 185 Å². The minimum Gasteiger partial charge on any atom is -0.383 e. The zero-order valence-electron chi connectivity index (χ0n) is 17.7. The number of ether oxygens (including phenoxy) is 1. The van der Waals surface area contributed by atoms with Crippen molar-refractivity contribution in [3.8, 4) is 0 Å². The van der Waals surface area contributed by atoms with Crippen LogP contribution < -0.4 is 5.32 Å². The van der Waals surface area contributed by atoms with Crippen LogP contribution >= 0.6 is 11.3 Å². The second kappa shape index (κ2) is 7.39. The fourth-order valence-corrected chi connectivity index (χ4v) is 6.56. The molecule has 2 aliphatic carbocycles. The number of carbonyl (C=O) groups is 1. The lowest BCUT2D eigenvalue weighted by atomic mass is 9.61. The van der Waals surface area contributed by atoms with E-state index in [1.54, 1.807) is 18.4 Å². The van der Waals surface area contributed by atoms with Crippen molar-refractivity contribution in [1.29, 1.82) is 0 Å². The van der Waals surface area contributed by atoms with Crippen LogP contribution in [0.4, 0.5) is 0 Å². The molecule has 4 aliphatic rings. The molecule has 162 valence electrons. The predicted octanol–water partition coefficient (Wildman–Crippen LogP) is 2.61. The first kappa shape index (κ1) is 19.4. The lowest BCUT2D eigenvalue weighted by molar-refractivity contribution is -0.0676. The second-order valence-corrected chi connectivity index (χ2v) is 9.88. The Bertz CT molecular complexity index is 1070. The molecule has 3 unspecified atom stereocenters. The third-order valence-electron chi connectivity index (χ3n) is 7.69. The topological polar surface area (TPSA) is 72.3 Å². The highest BCUT2D eigenvalue weighted by atomic mass is 32.1. The molecule has 0 aromatic carbocycles. The average Bonchev–Trinajstić information content (AvgIpc) is 3.35. The first-order chi connectivity index (χ1) is 15.2. The molecule has 1 N–H and O–H groups in total. The molecule has 2 aliphatic heterocycles. The van der Waals surface area contributed by atoms with E-state index in [9.17, 15) is 4.79 Å². The molecule has 8 heteroatoms. The van der Waals surface area contributed by atoms with Crippen LogP contribution in [0.15, 0.2) is 23.7 Å². The first-order valence-corrected chi connectivity index (χ1v) is 12.0. The van der Waals surface area contributed by atoms with Gasteiger partial charge in [0.05, 0.1) is 18.8 Å². The molecule has 4 heterocycles. The zero-order chi connectivity index (χ0) is 21.0. The molecule has 7 nitrogen and oxygen atoms in total. The second-order valence-electron chi connectivity index (χ2n) is 8.98. The van der Waals surface area contributed by atoms with Gasteiger partial charge in [-0.15, -0.1) is 11.3 Å². The number of allylic oxidation sites excluding steroid dienone is 3. The molecular weight excluding hydrogens is 410 g/mol. The van der Waals surface area contributed by atoms with Crippen LogP contribution in [0.3, 0.4) is 0 Å². The van der Waals surface area contributed by atoms with E-state index < -0.39 is 0 Å². The Morgan fingerprint density at radius 1 is 1.39 bits per heavy atom. The van der Waals surface area contributed by atoms with Gasteiger partial charge >= 0.3 is 0 Å². The van der Waals surface area contributed by atoms with Crippen molar-refractivity contribution in [2.24, 2.45) is 5.92 Å². The predicted molar refractivity (Wildman–Crippen MR) is 120 cm³/mol. The molecule has 0 bridgehead atoms. The maximum absolute atomic E-state index is 13.4. The van der Waals surface area contributed by atoms with E-state index in [4.69, 9.17) is 9.84 Å². The number of nitrogens with one attached hydrogen (secondary N) is 1. The van der Waals surface area contributed by atoms with Gasteiger partial charge in [-0.1, -0.05) is 18.2 Å². The molecule has 3 fully saturated rings. The molecule has 1 spiro atoms. The third kappa shape index (κ3) is 2.96. The van der Waals surface area contributed by atoms with Gasteiger partial charge in [-0.3, -0.25) is 14.4 Å². The van der Waals surface area contributed by atoms with Crippen LogP contribution in [-0.4, -0.2) is 64.0 Å². The molecule has 0 radical (unpaired) electrons. The van der Waals surface area contributed by atoms with Crippen molar-refractivity contribution in [2.45, 2.75) is 43.8 Å². The van der Waals surface area contributed by atoms with Gasteiger partial charge in [0.1, 0.15) is 5.01 Å². The fourth-order valence-electron chi connectivity index (χ4n) is 5.90. The highest BCUT2D eigenvalue weighted by molar-refractivity contribution is 7.10. The summed E-state index contributed by atoms with van der Waals surface area (Å²) in [6.45, 7) is 3.35. The number of rotatable bonds is 6. The van der Waals surface area contributed by atoms with Crippen LogP contribution in [-0.2, 0) is 17.7 Å². The van der Waals surface area contributed by atoms with E-state index in [0.29, 0.717) is 36.7 Å². The minimum atomic E-state index is -0.0516. The van der Waals surface area contributed by atoms with Crippen LogP contribution in [0, 0.1) is 5.92 Å². The van der Waals surface area contributed by atoms with Crippen molar-refractivity contribution in [3.63, 3.8) is 0 Å². The average molecular weight is 438 g/mol. The summed E-state index contributed by atoms with van der Waals surface area (Å²) in [6.07, 6.45) is 12.6. The lowest BCUT2D eigenvalue weighted by Crippen LogP contribution is -2.64. The maximum atomic E-state index is 13.4. The number of nitrogens with zero attached hydrogens (tertiary/aromatic N) is 4. The van der Waals surface area contributed by atoms with Gasteiger partial charge in [-0.05, 0) is 25.2 Å². The van der Waals surface area contributed by atoms with Gasteiger partial charge in [0.2, 0.25) is 0 Å². The van der Waals surface area contributed by atoms with Gasteiger partial charge in [-0.25, -0.2) is 4.98 Å². The quantitative estimate of drug-likeness (QED) is 0.752. The number of methoxy groups -OCH3 is 1. The highest BCUT2D eigenvalue weighted by Crippen LogP contribution is 2.57. The van der Waals surface area contributed by atoms with Gasteiger partial charge in [0, 0.05) is 60.9 Å². The molecule has 1 saturated carbocycles. The molecule has 2 aromatic rings. The van der Waals surface area contributed by atoms with Crippen molar-refractivity contribution in [2.75, 3.05) is 26.8 Å². The fraction of sp³-hybridized carbons (Fsp3) is 0.522. The monoisotopic (exact) mass is 437 g/mol. The Hall–Kier alpha value is -2.29. The number of thiazole rings is 1. The number of carbonyl (C=O) groups excluding carboxylic acids is 1. The standard InChI is InChI=1S/C23H27N5O2S/c1-30-12-11-28-19-5-3-15(22-24-9-13-31-22)2-4-16(19)20(26-28)21(29)25-18-14-27-10-8-23(27)7-6-17(18)23/h2-4,9,13,17-18H,5-8,10-12,14H2,1H3,(H,25,29). The van der Waals surface area contributed by atoms with Gasteiger partial charge < -0.3 is 10.1 Å². The van der Waals surface area contributed by atoms with Crippen LogP contribution in [0.1, 0.15) is 46.0 Å². The van der Waals surface area contributed by atoms with Crippen LogP contribution in [0.25, 0.3) is 11.6 Å². The van der Waals surface area contributed by atoms with Crippen molar-refractivity contribution in [3.05, 3.63) is 45.7 Å². The van der Waals surface area contributed by atoms with Crippen molar-refractivity contribution in [1.82, 2.24) is 25.0 Å². The van der Waals surface area contributed by atoms with E-state index in [-0.39, 0.29) is 11.9 Å². The number of aromatic nitrogens is 3. The highest BCUT2D eigenvalue weighted by Gasteiger charge is 2.63. The summed E-state index contributed by atoms with van der Waals surface area (Å²) < 4.78 is 7.22. The third-order valence-corrected chi connectivity index (χ3v) is 8.51. The summed E-state index contributed by atoms with van der Waals surface area (Å²) in [6, 6.07) is 0.238. The van der Waals surface area contributed by atoms with Gasteiger partial charge in [-0.2, -0.15) is 5.10 Å². The molecule has 3 atom stereocenters. The molecular formula is C23H27N5O2S. The molecule has 6 rings (SSSR count). The van der Waals surface area contributed by atoms with E-state index in [1.165, 1.54) is 25.8 Å². The Morgan fingerprint density at radius 3 is 3.00 bits per heavy atom. The van der Waals surface area contributed by atoms with E-state index in [0.717, 1.165) is 28.4 Å². The summed E-state index contributed by atoms with van der Waals surface area (Å²) in [7, 11) is 1.69. The van der Waals surface area contributed by atoms with E-state index >= 15 is 0 Å². The number of amides is 1. The Balaban J connectivity index is 1.28. The lowest BCUT2D eigenvalue weighted by Gasteiger charge is -2.58.